The van der Waals surface area contributed by atoms with Crippen LogP contribution < -0.4 is 10.6 Å². The minimum atomic E-state index is 0. The van der Waals surface area contributed by atoms with Gasteiger partial charge in [0.05, 0.1) is 18.3 Å². The fourth-order valence-electron chi connectivity index (χ4n) is 2.42. The first kappa shape index (κ1) is 15.5. The SMILES string of the molecule is Cl.O=C(Cc1cnn(-c2ccccc2)c1)NC1CCNC1. The zero-order valence-corrected chi connectivity index (χ0v) is 12.5. The van der Waals surface area contributed by atoms with Crippen molar-refractivity contribution in [2.45, 2.75) is 18.9 Å². The summed E-state index contributed by atoms with van der Waals surface area (Å²) < 4.78 is 1.79. The van der Waals surface area contributed by atoms with Gasteiger partial charge in [-0.15, -0.1) is 12.4 Å². The minimum Gasteiger partial charge on any atom is -0.352 e. The smallest absolute Gasteiger partial charge is 0.224 e. The van der Waals surface area contributed by atoms with Crippen molar-refractivity contribution < 1.29 is 4.79 Å². The molecule has 0 bridgehead atoms. The standard InChI is InChI=1S/C15H18N4O.ClH/c20-15(18-13-6-7-16-10-13)8-12-9-17-19(11-12)14-4-2-1-3-5-14;/h1-5,9,11,13,16H,6-8,10H2,(H,18,20);1H. The van der Waals surface area contributed by atoms with E-state index in [0.717, 1.165) is 30.8 Å². The summed E-state index contributed by atoms with van der Waals surface area (Å²) in [7, 11) is 0. The van der Waals surface area contributed by atoms with Gasteiger partial charge < -0.3 is 10.6 Å². The third-order valence-electron chi connectivity index (χ3n) is 3.45. The minimum absolute atomic E-state index is 0. The van der Waals surface area contributed by atoms with Crippen LogP contribution in [-0.4, -0.2) is 34.8 Å². The molecule has 1 aliphatic rings. The van der Waals surface area contributed by atoms with Gasteiger partial charge in [0.25, 0.3) is 0 Å². The van der Waals surface area contributed by atoms with E-state index in [1.54, 1.807) is 10.9 Å². The van der Waals surface area contributed by atoms with E-state index < -0.39 is 0 Å². The summed E-state index contributed by atoms with van der Waals surface area (Å²) in [6.07, 6.45) is 5.04. The number of aromatic nitrogens is 2. The molecule has 5 nitrogen and oxygen atoms in total. The number of hydrogen-bond donors (Lipinski definition) is 2. The molecule has 21 heavy (non-hydrogen) atoms. The summed E-state index contributed by atoms with van der Waals surface area (Å²) in [5.74, 6) is 0.0614. The zero-order chi connectivity index (χ0) is 13.8. The second-order valence-electron chi connectivity index (χ2n) is 5.06. The second-order valence-corrected chi connectivity index (χ2v) is 5.06. The van der Waals surface area contributed by atoms with Crippen molar-refractivity contribution in [3.63, 3.8) is 0 Å². The number of carbonyl (C=O) groups is 1. The summed E-state index contributed by atoms with van der Waals surface area (Å²) >= 11 is 0. The van der Waals surface area contributed by atoms with Gasteiger partial charge in [-0.1, -0.05) is 18.2 Å². The molecule has 1 fully saturated rings. The van der Waals surface area contributed by atoms with Crippen LogP contribution in [0.4, 0.5) is 0 Å². The second kappa shape index (κ2) is 7.24. The number of halogens is 1. The van der Waals surface area contributed by atoms with Crippen molar-refractivity contribution in [1.29, 1.82) is 0 Å². The molecule has 3 rings (SSSR count). The Kier molecular flexibility index (Phi) is 5.36. The molecule has 1 atom stereocenters. The molecular formula is C15H19ClN4O. The van der Waals surface area contributed by atoms with Crippen molar-refractivity contribution in [3.8, 4) is 5.69 Å². The van der Waals surface area contributed by atoms with E-state index in [1.807, 2.05) is 36.5 Å². The third kappa shape index (κ3) is 4.06. The zero-order valence-electron chi connectivity index (χ0n) is 11.7. The van der Waals surface area contributed by atoms with Gasteiger partial charge in [0.2, 0.25) is 5.91 Å². The first-order valence-corrected chi connectivity index (χ1v) is 6.90. The van der Waals surface area contributed by atoms with E-state index in [-0.39, 0.29) is 24.4 Å². The Balaban J connectivity index is 0.00000161. The Bertz CT molecular complexity index is 578. The normalized spacial score (nSPS) is 17.2. The lowest BCUT2D eigenvalue weighted by Gasteiger charge is -2.10. The molecule has 1 amide bonds. The largest absolute Gasteiger partial charge is 0.352 e. The number of hydrogen-bond acceptors (Lipinski definition) is 3. The molecule has 1 aromatic heterocycles. The maximum Gasteiger partial charge on any atom is 0.224 e. The van der Waals surface area contributed by atoms with Crippen LogP contribution in [0.25, 0.3) is 5.69 Å². The van der Waals surface area contributed by atoms with Crippen LogP contribution in [0.1, 0.15) is 12.0 Å². The Hall–Kier alpha value is -1.85. The van der Waals surface area contributed by atoms with Gasteiger partial charge in [-0.25, -0.2) is 4.68 Å². The molecule has 1 aromatic carbocycles. The van der Waals surface area contributed by atoms with Crippen LogP contribution in [0.5, 0.6) is 0 Å². The summed E-state index contributed by atoms with van der Waals surface area (Å²) in [5, 5.41) is 10.6. The number of carbonyl (C=O) groups excluding carboxylic acids is 1. The summed E-state index contributed by atoms with van der Waals surface area (Å²) in [5.41, 5.74) is 1.93. The molecule has 2 aromatic rings. The van der Waals surface area contributed by atoms with Gasteiger partial charge >= 0.3 is 0 Å². The van der Waals surface area contributed by atoms with Crippen LogP contribution in [0.2, 0.25) is 0 Å². The molecule has 0 aliphatic carbocycles. The number of amides is 1. The molecule has 6 heteroatoms. The molecule has 2 heterocycles. The molecule has 0 spiro atoms. The topological polar surface area (TPSA) is 59.0 Å². The fraction of sp³-hybridized carbons (Fsp3) is 0.333. The number of nitrogens with one attached hydrogen (secondary N) is 2. The number of benzene rings is 1. The molecule has 0 saturated carbocycles. The molecule has 0 radical (unpaired) electrons. The lowest BCUT2D eigenvalue weighted by molar-refractivity contribution is -0.121. The highest BCUT2D eigenvalue weighted by Gasteiger charge is 2.17. The molecule has 2 N–H and O–H groups in total. The highest BCUT2D eigenvalue weighted by atomic mass is 35.5. The van der Waals surface area contributed by atoms with Crippen molar-refractivity contribution in [2.75, 3.05) is 13.1 Å². The van der Waals surface area contributed by atoms with Crippen molar-refractivity contribution in [3.05, 3.63) is 48.3 Å². The molecule has 1 aliphatic heterocycles. The van der Waals surface area contributed by atoms with Gasteiger partial charge in [0, 0.05) is 18.8 Å². The lowest BCUT2D eigenvalue weighted by atomic mass is 10.2. The molecule has 1 unspecified atom stereocenters. The Morgan fingerprint density at radius 2 is 2.19 bits per heavy atom. The fourth-order valence-corrected chi connectivity index (χ4v) is 2.42. The van der Waals surface area contributed by atoms with Gasteiger partial charge in [-0.05, 0) is 30.7 Å². The number of para-hydroxylation sites is 1. The van der Waals surface area contributed by atoms with E-state index in [0.29, 0.717) is 6.42 Å². The number of nitrogens with zero attached hydrogens (tertiary/aromatic N) is 2. The summed E-state index contributed by atoms with van der Waals surface area (Å²) in [4.78, 5) is 11.9. The molecule has 1 saturated heterocycles. The highest BCUT2D eigenvalue weighted by molar-refractivity contribution is 5.85. The van der Waals surface area contributed by atoms with Crippen molar-refractivity contribution in [1.82, 2.24) is 20.4 Å². The van der Waals surface area contributed by atoms with Crippen molar-refractivity contribution in [2.24, 2.45) is 0 Å². The Morgan fingerprint density at radius 1 is 1.38 bits per heavy atom. The molecule has 112 valence electrons. The van der Waals surface area contributed by atoms with Gasteiger partial charge in [0.1, 0.15) is 0 Å². The van der Waals surface area contributed by atoms with E-state index in [1.165, 1.54) is 0 Å². The average Bonchev–Trinajstić information content (AvgIpc) is 3.11. The summed E-state index contributed by atoms with van der Waals surface area (Å²) in [6, 6.07) is 10.2. The number of rotatable bonds is 4. The van der Waals surface area contributed by atoms with E-state index in [2.05, 4.69) is 15.7 Å². The predicted molar refractivity (Wildman–Crippen MR) is 83.9 cm³/mol. The molecular weight excluding hydrogens is 288 g/mol. The highest BCUT2D eigenvalue weighted by Crippen LogP contribution is 2.08. The van der Waals surface area contributed by atoms with Gasteiger partial charge in [-0.2, -0.15) is 5.10 Å². The Morgan fingerprint density at radius 3 is 2.90 bits per heavy atom. The Labute approximate surface area is 130 Å². The maximum atomic E-state index is 11.9. The van der Waals surface area contributed by atoms with Crippen LogP contribution >= 0.6 is 12.4 Å². The van der Waals surface area contributed by atoms with Gasteiger partial charge in [0.15, 0.2) is 0 Å². The van der Waals surface area contributed by atoms with Crippen LogP contribution in [0, 0.1) is 0 Å². The van der Waals surface area contributed by atoms with E-state index >= 15 is 0 Å². The summed E-state index contributed by atoms with van der Waals surface area (Å²) in [6.45, 7) is 1.85. The first-order valence-electron chi connectivity index (χ1n) is 6.90. The van der Waals surface area contributed by atoms with E-state index in [9.17, 15) is 4.79 Å². The monoisotopic (exact) mass is 306 g/mol. The average molecular weight is 307 g/mol. The van der Waals surface area contributed by atoms with Crippen LogP contribution in [0.15, 0.2) is 42.7 Å². The van der Waals surface area contributed by atoms with Crippen LogP contribution in [0.3, 0.4) is 0 Å². The quantitative estimate of drug-likeness (QED) is 0.895. The van der Waals surface area contributed by atoms with Crippen molar-refractivity contribution >= 4 is 18.3 Å². The maximum absolute atomic E-state index is 11.9. The van der Waals surface area contributed by atoms with E-state index in [4.69, 9.17) is 0 Å². The third-order valence-corrected chi connectivity index (χ3v) is 3.45. The van der Waals surface area contributed by atoms with Gasteiger partial charge in [-0.3, -0.25) is 4.79 Å². The lowest BCUT2D eigenvalue weighted by Crippen LogP contribution is -2.37. The predicted octanol–water partition coefficient (Wildman–Crippen LogP) is 1.31. The van der Waals surface area contributed by atoms with Crippen LogP contribution in [-0.2, 0) is 11.2 Å². The first-order chi connectivity index (χ1) is 9.81.